The molecule has 0 spiro atoms. The SMILES string of the molecule is CCc1sc(C(=O)NC2C(N)CCCC2(F)F)cc1-c1cnn2cc(OC(C)C)cnc12. The molecule has 0 aliphatic heterocycles. The van der Waals surface area contributed by atoms with E-state index in [-0.39, 0.29) is 12.5 Å². The first kappa shape index (κ1) is 22.6. The third-order valence-electron chi connectivity index (χ3n) is 5.57. The summed E-state index contributed by atoms with van der Waals surface area (Å²) >= 11 is 1.29. The number of hydrogen-bond acceptors (Lipinski definition) is 6. The van der Waals surface area contributed by atoms with Crippen molar-refractivity contribution in [1.82, 2.24) is 19.9 Å². The molecule has 4 rings (SSSR count). The lowest BCUT2D eigenvalue weighted by Gasteiger charge is -2.36. The van der Waals surface area contributed by atoms with Gasteiger partial charge in [-0.15, -0.1) is 11.3 Å². The molecular formula is C22H27F2N5O2S. The van der Waals surface area contributed by atoms with Crippen LogP contribution < -0.4 is 15.8 Å². The van der Waals surface area contributed by atoms with Gasteiger partial charge in [0.05, 0.1) is 29.6 Å². The van der Waals surface area contributed by atoms with Gasteiger partial charge in [-0.05, 0) is 39.2 Å². The van der Waals surface area contributed by atoms with E-state index in [0.29, 0.717) is 35.5 Å². The lowest BCUT2D eigenvalue weighted by Crippen LogP contribution is -2.59. The van der Waals surface area contributed by atoms with E-state index >= 15 is 0 Å². The quantitative estimate of drug-likeness (QED) is 0.575. The van der Waals surface area contributed by atoms with Crippen molar-refractivity contribution in [2.45, 2.75) is 70.6 Å². The number of alkyl halides is 2. The van der Waals surface area contributed by atoms with E-state index in [4.69, 9.17) is 10.5 Å². The molecule has 0 radical (unpaired) electrons. The summed E-state index contributed by atoms with van der Waals surface area (Å²) < 4.78 is 36.0. The van der Waals surface area contributed by atoms with Gasteiger partial charge in [-0.1, -0.05) is 6.92 Å². The van der Waals surface area contributed by atoms with Crippen LogP contribution in [0.3, 0.4) is 0 Å². The van der Waals surface area contributed by atoms with E-state index in [2.05, 4.69) is 15.4 Å². The minimum Gasteiger partial charge on any atom is -0.488 e. The standard InChI is InChI=1S/C22H27F2N5O2S/c1-4-17-14(15-10-27-29-11-13(31-12(2)3)9-26-20(15)29)8-18(32-17)21(30)28-19-16(25)6-5-7-22(19,23)24/h8-12,16,19H,4-7,25H2,1-3H3,(H,28,30). The molecule has 1 aliphatic carbocycles. The Kier molecular flexibility index (Phi) is 6.17. The van der Waals surface area contributed by atoms with Gasteiger partial charge in [0.2, 0.25) is 0 Å². The van der Waals surface area contributed by atoms with Crippen LogP contribution in [0.25, 0.3) is 16.8 Å². The minimum absolute atomic E-state index is 0.0126. The van der Waals surface area contributed by atoms with Crippen LogP contribution in [-0.2, 0) is 6.42 Å². The highest BCUT2D eigenvalue weighted by Crippen LogP contribution is 2.36. The average molecular weight is 464 g/mol. The molecule has 2 unspecified atom stereocenters. The molecule has 3 aromatic rings. The molecule has 1 fully saturated rings. The van der Waals surface area contributed by atoms with E-state index < -0.39 is 23.9 Å². The van der Waals surface area contributed by atoms with Gasteiger partial charge in [0.1, 0.15) is 6.04 Å². The van der Waals surface area contributed by atoms with Gasteiger partial charge in [0.25, 0.3) is 11.8 Å². The number of halogens is 2. The Morgan fingerprint density at radius 2 is 2.19 bits per heavy atom. The topological polar surface area (TPSA) is 94.5 Å². The second-order valence-electron chi connectivity index (χ2n) is 8.35. The van der Waals surface area contributed by atoms with E-state index in [1.165, 1.54) is 11.3 Å². The number of hydrogen-bond donors (Lipinski definition) is 2. The molecule has 1 saturated carbocycles. The zero-order valence-electron chi connectivity index (χ0n) is 18.3. The Morgan fingerprint density at radius 1 is 1.41 bits per heavy atom. The van der Waals surface area contributed by atoms with Crippen LogP contribution in [0.1, 0.15) is 54.6 Å². The third kappa shape index (κ3) is 4.33. The van der Waals surface area contributed by atoms with Gasteiger partial charge in [-0.2, -0.15) is 5.10 Å². The molecule has 3 heterocycles. The number of rotatable bonds is 6. The van der Waals surface area contributed by atoms with Gasteiger partial charge >= 0.3 is 0 Å². The first-order valence-corrected chi connectivity index (χ1v) is 11.6. The molecule has 2 atom stereocenters. The fourth-order valence-electron chi connectivity index (χ4n) is 4.05. The largest absolute Gasteiger partial charge is 0.488 e. The van der Waals surface area contributed by atoms with Crippen molar-refractivity contribution in [2.75, 3.05) is 0 Å². The summed E-state index contributed by atoms with van der Waals surface area (Å²) in [5.74, 6) is -2.94. The fourth-order valence-corrected chi connectivity index (χ4v) is 5.06. The lowest BCUT2D eigenvalue weighted by atomic mass is 9.87. The maximum absolute atomic E-state index is 14.3. The summed E-state index contributed by atoms with van der Waals surface area (Å²) in [6.45, 7) is 5.84. The smallest absolute Gasteiger partial charge is 0.269 e. The number of carbonyl (C=O) groups excluding carboxylic acids is 1. The first-order valence-electron chi connectivity index (χ1n) is 10.8. The van der Waals surface area contributed by atoms with Crippen LogP contribution in [0.15, 0.2) is 24.7 Å². The molecule has 172 valence electrons. The lowest BCUT2D eigenvalue weighted by molar-refractivity contribution is -0.0674. The molecular weight excluding hydrogens is 436 g/mol. The number of thiophene rings is 1. The Hall–Kier alpha value is -2.59. The van der Waals surface area contributed by atoms with Crippen LogP contribution in [-0.4, -0.2) is 44.6 Å². The van der Waals surface area contributed by atoms with E-state index in [1.807, 2.05) is 20.8 Å². The summed E-state index contributed by atoms with van der Waals surface area (Å²) in [4.78, 5) is 18.7. The Balaban J connectivity index is 1.63. The Labute approximate surface area is 189 Å². The number of nitrogens with one attached hydrogen (secondary N) is 1. The monoisotopic (exact) mass is 463 g/mol. The van der Waals surface area contributed by atoms with Crippen molar-refractivity contribution in [3.8, 4) is 16.9 Å². The van der Waals surface area contributed by atoms with Crippen LogP contribution in [0.2, 0.25) is 0 Å². The first-order chi connectivity index (χ1) is 15.2. The minimum atomic E-state index is -3.01. The summed E-state index contributed by atoms with van der Waals surface area (Å²) in [5, 5.41) is 6.87. The van der Waals surface area contributed by atoms with E-state index in [0.717, 1.165) is 16.0 Å². The molecule has 1 aliphatic rings. The summed E-state index contributed by atoms with van der Waals surface area (Å²) in [5.41, 5.74) is 8.12. The number of carbonyl (C=O) groups is 1. The molecule has 0 aromatic carbocycles. The molecule has 3 aromatic heterocycles. The Morgan fingerprint density at radius 3 is 2.88 bits per heavy atom. The highest BCUT2D eigenvalue weighted by molar-refractivity contribution is 7.14. The van der Waals surface area contributed by atoms with E-state index in [1.54, 1.807) is 29.2 Å². The predicted molar refractivity (Wildman–Crippen MR) is 119 cm³/mol. The van der Waals surface area contributed by atoms with Gasteiger partial charge < -0.3 is 15.8 Å². The fraction of sp³-hybridized carbons (Fsp3) is 0.500. The highest BCUT2D eigenvalue weighted by Gasteiger charge is 2.46. The van der Waals surface area contributed by atoms with Crippen molar-refractivity contribution >= 4 is 22.9 Å². The van der Waals surface area contributed by atoms with Gasteiger partial charge in [0.15, 0.2) is 11.4 Å². The van der Waals surface area contributed by atoms with Gasteiger partial charge in [0, 0.05) is 28.5 Å². The predicted octanol–water partition coefficient (Wildman–Crippen LogP) is 4.05. The van der Waals surface area contributed by atoms with Crippen molar-refractivity contribution in [3.05, 3.63) is 34.4 Å². The highest BCUT2D eigenvalue weighted by atomic mass is 32.1. The average Bonchev–Trinajstić information content (AvgIpc) is 3.33. The number of nitrogens with two attached hydrogens (primary N) is 1. The zero-order chi connectivity index (χ0) is 23.0. The number of aryl methyl sites for hydroxylation is 1. The van der Waals surface area contributed by atoms with Crippen LogP contribution in [0, 0.1) is 0 Å². The number of amides is 1. The molecule has 0 saturated heterocycles. The molecule has 0 bridgehead atoms. The second kappa shape index (κ2) is 8.74. The van der Waals surface area contributed by atoms with Crippen LogP contribution >= 0.6 is 11.3 Å². The second-order valence-corrected chi connectivity index (χ2v) is 9.49. The van der Waals surface area contributed by atoms with Crippen LogP contribution in [0.5, 0.6) is 5.75 Å². The van der Waals surface area contributed by atoms with Gasteiger partial charge in [-0.3, -0.25) is 4.79 Å². The van der Waals surface area contributed by atoms with Crippen molar-refractivity contribution < 1.29 is 18.3 Å². The van der Waals surface area contributed by atoms with Crippen molar-refractivity contribution in [1.29, 1.82) is 0 Å². The summed E-state index contributed by atoms with van der Waals surface area (Å²) in [7, 11) is 0. The van der Waals surface area contributed by atoms with Crippen molar-refractivity contribution in [2.24, 2.45) is 5.73 Å². The maximum Gasteiger partial charge on any atom is 0.269 e. The van der Waals surface area contributed by atoms with Crippen molar-refractivity contribution in [3.63, 3.8) is 0 Å². The summed E-state index contributed by atoms with van der Waals surface area (Å²) in [6.07, 6.45) is 6.33. The van der Waals surface area contributed by atoms with E-state index in [9.17, 15) is 13.6 Å². The molecule has 10 heteroatoms. The molecule has 3 N–H and O–H groups in total. The zero-order valence-corrected chi connectivity index (χ0v) is 19.1. The van der Waals surface area contributed by atoms with Gasteiger partial charge in [-0.25, -0.2) is 18.3 Å². The van der Waals surface area contributed by atoms with Crippen LogP contribution in [0.4, 0.5) is 8.78 Å². The number of fused-ring (bicyclic) bond motifs is 1. The Bertz CT molecular complexity index is 1130. The molecule has 7 nitrogen and oxygen atoms in total. The normalized spacial score (nSPS) is 20.6. The number of nitrogens with zero attached hydrogens (tertiary/aromatic N) is 3. The number of ether oxygens (including phenoxy) is 1. The number of aromatic nitrogens is 3. The third-order valence-corrected chi connectivity index (χ3v) is 6.84. The molecule has 1 amide bonds. The maximum atomic E-state index is 14.3. The summed E-state index contributed by atoms with van der Waals surface area (Å²) in [6, 6.07) is -0.404. The molecule has 32 heavy (non-hydrogen) atoms.